The van der Waals surface area contributed by atoms with Crippen molar-refractivity contribution in [3.8, 4) is 0 Å². The first-order valence-corrected chi connectivity index (χ1v) is 35.5. The first kappa shape index (κ1) is 47.9. The number of aromatic nitrogens is 15. The van der Waals surface area contributed by atoms with E-state index in [2.05, 4.69) is 81.5 Å². The van der Waals surface area contributed by atoms with Gasteiger partial charge >= 0.3 is 0 Å². The molecule has 18 atom stereocenters. The Morgan fingerprint density at radius 3 is 1.14 bits per heavy atom. The van der Waals surface area contributed by atoms with Crippen molar-refractivity contribution >= 4 is 86.2 Å². The van der Waals surface area contributed by atoms with E-state index in [-0.39, 0.29) is 125 Å². The predicted octanol–water partition coefficient (Wildman–Crippen LogP) is 6.55. The predicted molar refractivity (Wildman–Crippen MR) is 398 cm³/mol. The highest BCUT2D eigenvalue weighted by Gasteiger charge is 2.49. The van der Waals surface area contributed by atoms with Gasteiger partial charge in [-0.2, -0.15) is 0 Å². The molecule has 0 saturated heterocycles. The lowest BCUT2D eigenvalue weighted by Gasteiger charge is -2.17. The van der Waals surface area contributed by atoms with Crippen molar-refractivity contribution in [2.45, 2.75) is 223 Å². The maximum atomic E-state index is 14.3. The maximum absolute atomic E-state index is 14.3. The van der Waals surface area contributed by atoms with Crippen molar-refractivity contribution in [2.75, 3.05) is 72.6 Å². The lowest BCUT2D eigenvalue weighted by molar-refractivity contribution is -0.0629. The summed E-state index contributed by atoms with van der Waals surface area (Å²) in [7, 11) is 0. The molecule has 6 aliphatic rings. The highest BCUT2D eigenvalue weighted by Crippen LogP contribution is 2.48. The fraction of sp³-hybridized carbons (Fsp3) is 0.583. The van der Waals surface area contributed by atoms with Crippen molar-refractivity contribution in [1.29, 1.82) is 0 Å². The number of thioether (sulfide) groups is 3. The second-order valence-electron chi connectivity index (χ2n) is 24.3. The van der Waals surface area contributed by atoms with Gasteiger partial charge in [-0.25, -0.2) is 57.1 Å². The van der Waals surface area contributed by atoms with Crippen LogP contribution in [0.15, 0.2) is 70.1 Å². The molecule has 108 heavy (non-hydrogen) atoms. The van der Waals surface area contributed by atoms with Gasteiger partial charge in [0.05, 0.1) is 100 Å². The third-order valence-electron chi connectivity index (χ3n) is 17.0. The Bertz CT molecular complexity index is 6290. The molecule has 6 fully saturated rings. The third-order valence-corrected chi connectivity index (χ3v) is 19.3. The molecular formula is C72H93F3N18O12S3. The minimum absolute atomic E-state index is 0.00212. The van der Waals surface area contributed by atoms with Crippen LogP contribution in [0.5, 0.6) is 0 Å². The molecule has 9 aromatic rings. The van der Waals surface area contributed by atoms with Crippen LogP contribution in [0, 0.1) is 38.2 Å². The molecular weight excluding hydrogens is 1460 g/mol. The third kappa shape index (κ3) is 17.5. The van der Waals surface area contributed by atoms with Crippen LogP contribution in [-0.2, 0) is 14.2 Å². The Balaban J connectivity index is 0.000000177. The van der Waals surface area contributed by atoms with E-state index in [1.54, 1.807) is 64.1 Å². The standard InChI is InChI=1S/3C24H31FN6O4S/c3*1-3-8-36-24-27-22(26-16-10-14(16)13-5-4-12(2)15(25)9-13)19-23(28-24)31(30-29-19)17-11-18(35-7-6-32)21(34)20(17)33/h3*4-5,9,14,16-18,20-21,32-34H,3,6-8,10-11H2,1-2H3,(H,26,27,28)/t3*14-,16+,17+,18-,20-,21+/m000/s1/i6D2,7D2,8D2,11D2,17D,18D,20D,21D;7D2,8D2,11D2,17D,18D,20D,21D;3D2,8D2,11D2,17D,18D,20D,21D. The summed E-state index contributed by atoms with van der Waals surface area (Å²) in [4.78, 5) is 25.4. The van der Waals surface area contributed by atoms with Crippen LogP contribution >= 0.6 is 35.3 Å². The number of fused-ring (bicyclic) bond motifs is 3. The number of rotatable bonds is 30. The first-order chi connectivity index (χ1) is 63.7. The van der Waals surface area contributed by atoms with Crippen LogP contribution in [0.1, 0.15) is 191 Å². The first-order valence-electron chi connectivity index (χ1n) is 49.1. The number of nitrogens with zero attached hydrogens (tertiary/aromatic N) is 15. The summed E-state index contributed by atoms with van der Waals surface area (Å²) in [5.41, 5.74) is -5.83. The van der Waals surface area contributed by atoms with Gasteiger partial charge < -0.3 is 76.1 Å². The fourth-order valence-electron chi connectivity index (χ4n) is 11.2. The van der Waals surface area contributed by atoms with E-state index >= 15 is 0 Å². The summed E-state index contributed by atoms with van der Waals surface area (Å²) < 4.78 is 324. The van der Waals surface area contributed by atoms with Crippen molar-refractivity contribution in [2.24, 2.45) is 0 Å². The molecule has 582 valence electrons. The Morgan fingerprint density at radius 1 is 0.481 bits per heavy atom. The Labute approximate surface area is 678 Å². The fourth-order valence-corrected chi connectivity index (χ4v) is 12.8. The summed E-state index contributed by atoms with van der Waals surface area (Å²) >= 11 is 1.29. The molecule has 12 N–H and O–H groups in total. The van der Waals surface area contributed by atoms with Gasteiger partial charge in [-0.15, -0.1) is 15.3 Å². The molecule has 15 rings (SSSR count). The molecule has 6 aromatic heterocycles. The van der Waals surface area contributed by atoms with E-state index in [4.69, 9.17) is 53.3 Å². The van der Waals surface area contributed by atoms with Gasteiger partial charge in [0.1, 0.15) is 53.9 Å². The number of benzene rings is 3. The Morgan fingerprint density at radius 2 is 0.824 bits per heavy atom. The molecule has 0 spiro atoms. The maximum Gasteiger partial charge on any atom is 0.191 e. The molecule has 30 nitrogen and oxygen atoms in total. The number of hydrogen-bond acceptors (Lipinski definition) is 30. The minimum Gasteiger partial charge on any atom is -0.394 e. The number of halogens is 3. The van der Waals surface area contributed by atoms with Crippen molar-refractivity contribution in [3.63, 3.8) is 0 Å². The van der Waals surface area contributed by atoms with Gasteiger partial charge in [0.25, 0.3) is 0 Å². The SMILES string of the molecule is [2H]C([2H])(C)C([2H])([2H])Sc1nc(N[C@@H]2C[C@H]2c2ccc(C)c(F)c2)c2nnn([C@]3([2H])C([2H])([2H])[C@]([2H])(OCCO)[C@@]([2H])(O)[C@@]3([2H])O)c2n1.[2H]C([2H])(CC)Sc1nc(N[C@@H]2C[C@H]2c2ccc(C)c(F)c2)c2nnn([C@]3([2H])C([2H])([2H])[C@]([2H])(OC([2H])([2H])C([2H])([2H])O)[C@@]([2H])(O)[C@@]3([2H])O)c2n1.[2H]C([2H])(CO)O[C@@]1([2H])C([2H])([2H])[C@@]([2H])(n2nnc3c(N[C@@H]4C[C@H]4c4ccc(C)c(F)c4)nc(SC([2H])([2H])CC)nc32)[C@]([2H])(O)[C@]1([2H])O. The minimum atomic E-state index is -4.29. The van der Waals surface area contributed by atoms with Crippen LogP contribution < -0.4 is 16.0 Å². The molecule has 0 aliphatic heterocycles. The van der Waals surface area contributed by atoms with E-state index in [9.17, 15) is 59.1 Å². The molecule has 0 bridgehead atoms. The van der Waals surface area contributed by atoms with Crippen LogP contribution in [-0.4, -0.2) is 250 Å². The zero-order chi connectivity index (χ0) is 105. The molecule has 6 aliphatic carbocycles. The van der Waals surface area contributed by atoms with E-state index in [1.807, 2.05) is 0 Å². The summed E-state index contributed by atoms with van der Waals surface area (Å²) in [5.74, 6) is -2.11. The number of anilines is 3. The van der Waals surface area contributed by atoms with E-state index in [0.29, 0.717) is 76.2 Å². The zero-order valence-corrected chi connectivity index (χ0v) is 60.1. The van der Waals surface area contributed by atoms with Crippen LogP contribution in [0.3, 0.4) is 0 Å². The lowest BCUT2D eigenvalue weighted by Crippen LogP contribution is -2.33. The molecule has 3 aromatic carbocycles. The van der Waals surface area contributed by atoms with Crippen LogP contribution in [0.25, 0.3) is 33.5 Å². The average Bonchev–Trinajstić information content (AvgIpc) is 1.49. The van der Waals surface area contributed by atoms with E-state index in [1.165, 1.54) is 25.1 Å². The quantitative estimate of drug-likeness (QED) is 0.0168. The summed E-state index contributed by atoms with van der Waals surface area (Å²) in [6.45, 7) is -5.43. The molecule has 0 amide bonds. The van der Waals surface area contributed by atoms with E-state index < -0.39 is 189 Å². The van der Waals surface area contributed by atoms with Crippen LogP contribution in [0.2, 0.25) is 0 Å². The van der Waals surface area contributed by atoms with E-state index in [0.717, 1.165) is 6.92 Å². The van der Waals surface area contributed by atoms with Crippen molar-refractivity contribution < 1.29 is 117 Å². The molecule has 6 saturated carbocycles. The monoisotopic (exact) mass is 1590 g/mol. The Hall–Kier alpha value is -7.14. The summed E-state index contributed by atoms with van der Waals surface area (Å²) in [6, 6.07) is 2.06. The topological polar surface area (TPSA) is 415 Å². The number of ether oxygens (including phenoxy) is 3. The molecule has 0 radical (unpaired) electrons. The van der Waals surface area contributed by atoms with Crippen molar-refractivity contribution in [3.05, 3.63) is 105 Å². The van der Waals surface area contributed by atoms with Gasteiger partial charge in [-0.1, -0.05) is 108 Å². The second-order valence-corrected chi connectivity index (χ2v) is 26.8. The Kier molecular flexibility index (Phi) is 15.6. The smallest absolute Gasteiger partial charge is 0.191 e. The number of hydrogen-bond donors (Lipinski definition) is 12. The molecule has 0 unspecified atom stereocenters. The number of aliphatic hydroxyl groups excluding tert-OH is 2. The summed E-state index contributed by atoms with van der Waals surface area (Å²) in [5, 5.41) is 126. The van der Waals surface area contributed by atoms with Crippen molar-refractivity contribution in [1.82, 2.24) is 74.9 Å². The van der Waals surface area contributed by atoms with Gasteiger partial charge in [0.15, 0.2) is 66.4 Å². The van der Waals surface area contributed by atoms with Gasteiger partial charge in [-0.3, -0.25) is 0 Å². The normalized spacial score (nSPS) is 42.5. The highest BCUT2D eigenvalue weighted by molar-refractivity contribution is 7.99. The number of aryl methyl sites for hydroxylation is 3. The zero-order valence-electron chi connectivity index (χ0n) is 89.6. The summed E-state index contributed by atoms with van der Waals surface area (Å²) in [6.07, 6.45) is -48.6. The van der Waals surface area contributed by atoms with Gasteiger partial charge in [0.2, 0.25) is 0 Å². The molecule has 6 heterocycles. The highest BCUT2D eigenvalue weighted by atomic mass is 32.2. The lowest BCUT2D eigenvalue weighted by atomic mass is 10.1. The largest absolute Gasteiger partial charge is 0.394 e. The van der Waals surface area contributed by atoms with Gasteiger partial charge in [-0.05, 0) is 111 Å². The number of nitrogens with one attached hydrogen (secondary N) is 3. The van der Waals surface area contributed by atoms with Gasteiger partial charge in [0, 0.05) is 91.3 Å². The second kappa shape index (κ2) is 35.1. The molecule has 36 heteroatoms. The average molecular weight is 1590 g/mol. The number of aliphatic hydroxyl groups is 9. The van der Waals surface area contributed by atoms with Crippen LogP contribution in [0.4, 0.5) is 30.6 Å².